The van der Waals surface area contributed by atoms with Gasteiger partial charge >= 0.3 is 5.97 Å². The van der Waals surface area contributed by atoms with Gasteiger partial charge in [-0.25, -0.2) is 19.7 Å². The van der Waals surface area contributed by atoms with Crippen LogP contribution in [0.4, 0.5) is 0 Å². The van der Waals surface area contributed by atoms with Crippen LogP contribution in [-0.2, 0) is 17.8 Å². The Balaban J connectivity index is 1.69. The SMILES string of the molecule is CCc1cnc(-c2nc(C)c(COc3cccc(OC(C)(C)C(=O)O)c3)s2)nc1. The molecule has 0 aliphatic heterocycles. The number of hydrogen-bond donors (Lipinski definition) is 1. The summed E-state index contributed by atoms with van der Waals surface area (Å²) in [5, 5.41) is 9.96. The van der Waals surface area contributed by atoms with Crippen LogP contribution in [0.15, 0.2) is 36.7 Å². The van der Waals surface area contributed by atoms with E-state index in [1.807, 2.05) is 19.3 Å². The molecule has 152 valence electrons. The number of nitrogens with zero attached hydrogens (tertiary/aromatic N) is 3. The number of rotatable bonds is 8. The summed E-state index contributed by atoms with van der Waals surface area (Å²) in [4.78, 5) is 25.5. The Morgan fingerprint density at radius 2 is 1.90 bits per heavy atom. The van der Waals surface area contributed by atoms with E-state index in [-0.39, 0.29) is 0 Å². The zero-order chi connectivity index (χ0) is 21.0. The van der Waals surface area contributed by atoms with Gasteiger partial charge in [-0.15, -0.1) is 11.3 Å². The van der Waals surface area contributed by atoms with Crippen molar-refractivity contribution in [3.05, 3.63) is 52.8 Å². The third-order valence-corrected chi connectivity index (χ3v) is 5.39. The van der Waals surface area contributed by atoms with E-state index >= 15 is 0 Å². The Morgan fingerprint density at radius 3 is 2.55 bits per heavy atom. The lowest BCUT2D eigenvalue weighted by molar-refractivity contribution is -0.152. The fourth-order valence-electron chi connectivity index (χ4n) is 2.42. The first-order chi connectivity index (χ1) is 13.8. The molecule has 8 heteroatoms. The van der Waals surface area contributed by atoms with Gasteiger partial charge in [-0.05, 0) is 44.9 Å². The summed E-state index contributed by atoms with van der Waals surface area (Å²) < 4.78 is 11.4. The van der Waals surface area contributed by atoms with Gasteiger partial charge in [0.1, 0.15) is 18.1 Å². The second-order valence-corrected chi connectivity index (χ2v) is 8.06. The van der Waals surface area contributed by atoms with E-state index in [4.69, 9.17) is 9.47 Å². The van der Waals surface area contributed by atoms with Crippen molar-refractivity contribution in [2.75, 3.05) is 0 Å². The van der Waals surface area contributed by atoms with Gasteiger partial charge in [-0.3, -0.25) is 0 Å². The summed E-state index contributed by atoms with van der Waals surface area (Å²) in [7, 11) is 0. The molecule has 0 unspecified atom stereocenters. The minimum Gasteiger partial charge on any atom is -0.488 e. The predicted molar refractivity (Wildman–Crippen MR) is 110 cm³/mol. The number of aromatic nitrogens is 3. The van der Waals surface area contributed by atoms with Crippen molar-refractivity contribution >= 4 is 17.3 Å². The number of carboxylic acid groups (broad SMARTS) is 1. The van der Waals surface area contributed by atoms with Crippen LogP contribution in [0.2, 0.25) is 0 Å². The van der Waals surface area contributed by atoms with Crippen LogP contribution in [0.25, 0.3) is 10.8 Å². The zero-order valence-corrected chi connectivity index (χ0v) is 17.6. The zero-order valence-electron chi connectivity index (χ0n) is 16.8. The average molecular weight is 413 g/mol. The molecule has 29 heavy (non-hydrogen) atoms. The molecule has 0 saturated carbocycles. The molecule has 0 saturated heterocycles. The third-order valence-electron chi connectivity index (χ3n) is 4.26. The Bertz CT molecular complexity index is 999. The number of benzene rings is 1. The van der Waals surface area contributed by atoms with Crippen LogP contribution >= 0.6 is 11.3 Å². The van der Waals surface area contributed by atoms with Gasteiger partial charge in [-0.1, -0.05) is 13.0 Å². The molecular weight excluding hydrogens is 390 g/mol. The first-order valence-electron chi connectivity index (χ1n) is 9.21. The third kappa shape index (κ3) is 5.08. The molecular formula is C21H23N3O4S. The second-order valence-electron chi connectivity index (χ2n) is 6.98. The Morgan fingerprint density at radius 1 is 1.21 bits per heavy atom. The van der Waals surface area contributed by atoms with E-state index in [9.17, 15) is 9.90 Å². The molecule has 0 aliphatic carbocycles. The van der Waals surface area contributed by atoms with E-state index in [1.165, 1.54) is 25.2 Å². The number of aliphatic carboxylic acids is 1. The molecule has 7 nitrogen and oxygen atoms in total. The van der Waals surface area contributed by atoms with Gasteiger partial charge < -0.3 is 14.6 Å². The quantitative estimate of drug-likeness (QED) is 0.588. The largest absolute Gasteiger partial charge is 0.488 e. The highest BCUT2D eigenvalue weighted by atomic mass is 32.1. The van der Waals surface area contributed by atoms with Gasteiger partial charge in [0.15, 0.2) is 16.4 Å². The molecule has 0 spiro atoms. The van der Waals surface area contributed by atoms with Gasteiger partial charge in [-0.2, -0.15) is 0 Å². The molecule has 1 N–H and O–H groups in total. The van der Waals surface area contributed by atoms with Crippen molar-refractivity contribution in [2.45, 2.75) is 46.3 Å². The van der Waals surface area contributed by atoms with Crippen molar-refractivity contribution < 1.29 is 19.4 Å². The highest BCUT2D eigenvalue weighted by Gasteiger charge is 2.29. The van der Waals surface area contributed by atoms with E-state index in [2.05, 4.69) is 21.9 Å². The average Bonchev–Trinajstić information content (AvgIpc) is 3.07. The fraction of sp³-hybridized carbons (Fsp3) is 0.333. The molecule has 2 aromatic heterocycles. The van der Waals surface area contributed by atoms with E-state index < -0.39 is 11.6 Å². The van der Waals surface area contributed by atoms with Crippen molar-refractivity contribution in [3.63, 3.8) is 0 Å². The standard InChI is InChI=1S/C21H23N3O4S/c1-5-14-10-22-18(23-11-14)19-24-13(2)17(29-19)12-27-15-7-6-8-16(9-15)28-21(3,4)20(25)26/h6-11H,5,12H2,1-4H3,(H,25,26). The number of carbonyl (C=O) groups is 1. The highest BCUT2D eigenvalue weighted by molar-refractivity contribution is 7.15. The smallest absolute Gasteiger partial charge is 0.347 e. The number of aryl methyl sites for hydroxylation is 2. The lowest BCUT2D eigenvalue weighted by atomic mass is 10.1. The Kier molecular flexibility index (Phi) is 6.12. The van der Waals surface area contributed by atoms with Crippen molar-refractivity contribution in [2.24, 2.45) is 0 Å². The summed E-state index contributed by atoms with van der Waals surface area (Å²) >= 11 is 1.49. The lowest BCUT2D eigenvalue weighted by Crippen LogP contribution is -2.37. The molecule has 0 fully saturated rings. The van der Waals surface area contributed by atoms with Crippen LogP contribution in [-0.4, -0.2) is 31.6 Å². The number of carboxylic acids is 1. The Labute approximate surface area is 173 Å². The molecule has 2 heterocycles. The number of hydrogen-bond acceptors (Lipinski definition) is 7. The highest BCUT2D eigenvalue weighted by Crippen LogP contribution is 2.28. The molecule has 0 radical (unpaired) electrons. The number of ether oxygens (including phenoxy) is 2. The predicted octanol–water partition coefficient (Wildman–Crippen LogP) is 4.29. The minimum atomic E-state index is -1.32. The second kappa shape index (κ2) is 8.57. The number of thiazole rings is 1. The molecule has 3 rings (SSSR count). The summed E-state index contributed by atoms with van der Waals surface area (Å²) in [6.07, 6.45) is 4.53. The molecule has 0 aliphatic rings. The summed E-state index contributed by atoms with van der Waals surface area (Å²) in [6.45, 7) is 7.32. The van der Waals surface area contributed by atoms with E-state index in [0.717, 1.165) is 27.6 Å². The van der Waals surface area contributed by atoms with Gasteiger partial charge in [0.05, 0.1) is 10.6 Å². The van der Waals surface area contributed by atoms with Crippen LogP contribution in [0.1, 0.15) is 36.9 Å². The minimum absolute atomic E-state index is 0.336. The maximum atomic E-state index is 11.2. The fourth-order valence-corrected chi connectivity index (χ4v) is 3.34. The maximum absolute atomic E-state index is 11.2. The normalized spacial score (nSPS) is 11.3. The van der Waals surface area contributed by atoms with Crippen LogP contribution in [0.5, 0.6) is 11.5 Å². The molecule has 0 atom stereocenters. The van der Waals surface area contributed by atoms with Crippen LogP contribution < -0.4 is 9.47 Å². The first kappa shape index (κ1) is 20.7. The molecule has 0 bridgehead atoms. The monoisotopic (exact) mass is 413 g/mol. The maximum Gasteiger partial charge on any atom is 0.347 e. The van der Waals surface area contributed by atoms with E-state index in [0.29, 0.717) is 23.9 Å². The first-order valence-corrected chi connectivity index (χ1v) is 10.0. The van der Waals surface area contributed by atoms with Crippen molar-refractivity contribution in [3.8, 4) is 22.3 Å². The lowest BCUT2D eigenvalue weighted by Gasteiger charge is -2.21. The molecule has 3 aromatic rings. The van der Waals surface area contributed by atoms with Crippen molar-refractivity contribution in [1.29, 1.82) is 0 Å². The topological polar surface area (TPSA) is 94.4 Å². The summed E-state index contributed by atoms with van der Waals surface area (Å²) in [5.41, 5.74) is 0.626. The van der Waals surface area contributed by atoms with Crippen LogP contribution in [0.3, 0.4) is 0 Å². The molecule has 1 aromatic carbocycles. The van der Waals surface area contributed by atoms with Gasteiger partial charge in [0.25, 0.3) is 0 Å². The van der Waals surface area contributed by atoms with E-state index in [1.54, 1.807) is 24.3 Å². The van der Waals surface area contributed by atoms with Crippen LogP contribution in [0, 0.1) is 6.92 Å². The van der Waals surface area contributed by atoms with Gasteiger partial charge in [0, 0.05) is 18.5 Å². The summed E-state index contributed by atoms with van der Waals surface area (Å²) in [6, 6.07) is 6.93. The summed E-state index contributed by atoms with van der Waals surface area (Å²) in [5.74, 6) is 0.585. The Hall–Kier alpha value is -3.00. The van der Waals surface area contributed by atoms with Crippen molar-refractivity contribution in [1.82, 2.24) is 15.0 Å². The molecule has 0 amide bonds. The van der Waals surface area contributed by atoms with Gasteiger partial charge in [0.2, 0.25) is 0 Å².